The summed E-state index contributed by atoms with van der Waals surface area (Å²) in [4.78, 5) is 12.5. The summed E-state index contributed by atoms with van der Waals surface area (Å²) in [6.45, 7) is 3.18. The average molecular weight is 198 g/mol. The Balaban J connectivity index is 2.10. The van der Waals surface area contributed by atoms with Gasteiger partial charge in [0.15, 0.2) is 0 Å². The van der Waals surface area contributed by atoms with E-state index in [0.29, 0.717) is 5.92 Å². The van der Waals surface area contributed by atoms with E-state index < -0.39 is 5.97 Å². The molecule has 0 amide bonds. The van der Waals surface area contributed by atoms with Crippen LogP contribution in [0.15, 0.2) is 12.3 Å². The molecule has 1 aliphatic heterocycles. The molecule has 4 heteroatoms. The first kappa shape index (κ1) is 11.0. The van der Waals surface area contributed by atoms with Crippen LogP contribution in [0.25, 0.3) is 0 Å². The molecule has 0 aromatic rings. The van der Waals surface area contributed by atoms with Crippen molar-refractivity contribution in [1.29, 1.82) is 0 Å². The summed E-state index contributed by atoms with van der Waals surface area (Å²) in [6, 6.07) is 0. The number of hydrogen-bond acceptors (Lipinski definition) is 3. The van der Waals surface area contributed by atoms with E-state index >= 15 is 0 Å². The van der Waals surface area contributed by atoms with Crippen molar-refractivity contribution in [3.8, 4) is 0 Å². The molecule has 0 spiro atoms. The quantitative estimate of drug-likeness (QED) is 0.646. The second kappa shape index (κ2) is 5.65. The first-order valence-corrected chi connectivity index (χ1v) is 5.00. The highest BCUT2D eigenvalue weighted by molar-refractivity contribution is 5.79. The Labute approximate surface area is 84.6 Å². The number of likely N-dealkylation sites (tertiary alicyclic amines) is 1. The fourth-order valence-electron chi connectivity index (χ4n) is 1.63. The van der Waals surface area contributed by atoms with Crippen molar-refractivity contribution in [2.75, 3.05) is 26.7 Å². The van der Waals surface area contributed by atoms with Crippen LogP contribution < -0.4 is 5.32 Å². The van der Waals surface area contributed by atoms with Gasteiger partial charge >= 0.3 is 5.97 Å². The molecule has 1 saturated heterocycles. The van der Waals surface area contributed by atoms with Crippen LogP contribution in [-0.4, -0.2) is 42.7 Å². The summed E-state index contributed by atoms with van der Waals surface area (Å²) in [5.74, 6) is -0.217. The van der Waals surface area contributed by atoms with Crippen molar-refractivity contribution in [3.63, 3.8) is 0 Å². The van der Waals surface area contributed by atoms with Gasteiger partial charge in [0.05, 0.1) is 0 Å². The Kier molecular flexibility index (Phi) is 4.46. The lowest BCUT2D eigenvalue weighted by molar-refractivity contribution is -0.131. The number of nitrogens with one attached hydrogen (secondary N) is 1. The lowest BCUT2D eigenvalue weighted by Gasteiger charge is -2.28. The van der Waals surface area contributed by atoms with Crippen molar-refractivity contribution in [1.82, 2.24) is 10.2 Å². The molecule has 80 valence electrons. The number of rotatable bonds is 4. The molecule has 0 aliphatic carbocycles. The molecule has 0 saturated carbocycles. The topological polar surface area (TPSA) is 52.6 Å². The number of carboxylic acids is 1. The SMILES string of the molecule is CN1CCC(CN/C=C/C(=O)O)CC1. The van der Waals surface area contributed by atoms with Crippen LogP contribution in [0.2, 0.25) is 0 Å². The van der Waals surface area contributed by atoms with Gasteiger partial charge in [0, 0.05) is 18.8 Å². The number of carboxylic acid groups (broad SMARTS) is 1. The molecule has 1 rings (SSSR count). The molecule has 0 aromatic heterocycles. The first-order chi connectivity index (χ1) is 6.68. The summed E-state index contributed by atoms with van der Waals surface area (Å²) < 4.78 is 0. The van der Waals surface area contributed by atoms with E-state index in [1.54, 1.807) is 0 Å². The van der Waals surface area contributed by atoms with Gasteiger partial charge in [0.2, 0.25) is 0 Å². The smallest absolute Gasteiger partial charge is 0.329 e. The molecule has 0 aromatic carbocycles. The van der Waals surface area contributed by atoms with Gasteiger partial charge in [-0.25, -0.2) is 4.79 Å². The normalized spacial score (nSPS) is 20.1. The van der Waals surface area contributed by atoms with Gasteiger partial charge in [-0.2, -0.15) is 0 Å². The molecule has 0 bridgehead atoms. The average Bonchev–Trinajstić information content (AvgIpc) is 2.15. The predicted octanol–water partition coefficient (Wildman–Crippen LogP) is 0.516. The van der Waals surface area contributed by atoms with Gasteiger partial charge in [-0.1, -0.05) is 0 Å². The lowest BCUT2D eigenvalue weighted by atomic mass is 9.97. The van der Waals surface area contributed by atoms with E-state index in [1.807, 2.05) is 0 Å². The zero-order valence-corrected chi connectivity index (χ0v) is 8.57. The first-order valence-electron chi connectivity index (χ1n) is 5.00. The largest absolute Gasteiger partial charge is 0.478 e. The van der Waals surface area contributed by atoms with Crippen molar-refractivity contribution < 1.29 is 9.90 Å². The van der Waals surface area contributed by atoms with E-state index in [9.17, 15) is 4.79 Å². The maximum atomic E-state index is 10.2. The summed E-state index contributed by atoms with van der Waals surface area (Å²) in [7, 11) is 2.13. The van der Waals surface area contributed by atoms with Crippen LogP contribution in [0, 0.1) is 5.92 Å². The molecule has 1 fully saturated rings. The Morgan fingerprint density at radius 2 is 2.21 bits per heavy atom. The predicted molar refractivity (Wildman–Crippen MR) is 55.0 cm³/mol. The van der Waals surface area contributed by atoms with Crippen molar-refractivity contribution in [2.45, 2.75) is 12.8 Å². The van der Waals surface area contributed by atoms with Gasteiger partial charge in [-0.05, 0) is 38.9 Å². The van der Waals surface area contributed by atoms with Gasteiger partial charge in [-0.3, -0.25) is 0 Å². The third-order valence-electron chi connectivity index (χ3n) is 2.59. The fraction of sp³-hybridized carbons (Fsp3) is 0.700. The Bertz CT molecular complexity index is 208. The van der Waals surface area contributed by atoms with Crippen LogP contribution in [0.1, 0.15) is 12.8 Å². The zero-order chi connectivity index (χ0) is 10.4. The summed E-state index contributed by atoms with van der Waals surface area (Å²) in [5, 5.41) is 11.4. The number of piperidine rings is 1. The zero-order valence-electron chi connectivity index (χ0n) is 8.57. The number of carbonyl (C=O) groups is 1. The monoisotopic (exact) mass is 198 g/mol. The molecule has 1 aliphatic rings. The molecular weight excluding hydrogens is 180 g/mol. The van der Waals surface area contributed by atoms with E-state index in [-0.39, 0.29) is 0 Å². The number of nitrogens with zero attached hydrogens (tertiary/aromatic N) is 1. The molecule has 0 atom stereocenters. The molecule has 2 N–H and O–H groups in total. The maximum absolute atomic E-state index is 10.2. The van der Waals surface area contributed by atoms with Gasteiger partial charge in [-0.15, -0.1) is 0 Å². The van der Waals surface area contributed by atoms with Crippen LogP contribution in [0.5, 0.6) is 0 Å². The lowest BCUT2D eigenvalue weighted by Crippen LogP contribution is -2.33. The Morgan fingerprint density at radius 3 is 2.79 bits per heavy atom. The molecular formula is C10H18N2O2. The van der Waals surface area contributed by atoms with Crippen LogP contribution >= 0.6 is 0 Å². The summed E-state index contributed by atoms with van der Waals surface area (Å²) >= 11 is 0. The van der Waals surface area contributed by atoms with Crippen LogP contribution in [0.4, 0.5) is 0 Å². The molecule has 0 unspecified atom stereocenters. The number of aliphatic carboxylic acids is 1. The molecule has 0 radical (unpaired) electrons. The summed E-state index contributed by atoms with van der Waals surface area (Å²) in [6.07, 6.45) is 5.05. The highest BCUT2D eigenvalue weighted by Gasteiger charge is 2.15. The van der Waals surface area contributed by atoms with E-state index in [1.165, 1.54) is 19.0 Å². The standard InChI is InChI=1S/C10H18N2O2/c1-12-6-3-9(4-7-12)8-11-5-2-10(13)14/h2,5,9,11H,3-4,6-8H2,1H3,(H,13,14)/b5-2+. The van der Waals surface area contributed by atoms with Gasteiger partial charge < -0.3 is 15.3 Å². The van der Waals surface area contributed by atoms with E-state index in [2.05, 4.69) is 17.3 Å². The highest BCUT2D eigenvalue weighted by Crippen LogP contribution is 2.14. The fourth-order valence-corrected chi connectivity index (χ4v) is 1.63. The summed E-state index contributed by atoms with van der Waals surface area (Å²) in [5.41, 5.74) is 0. The van der Waals surface area contributed by atoms with Crippen molar-refractivity contribution in [2.24, 2.45) is 5.92 Å². The van der Waals surface area contributed by atoms with Gasteiger partial charge in [0.25, 0.3) is 0 Å². The Morgan fingerprint density at radius 1 is 1.57 bits per heavy atom. The van der Waals surface area contributed by atoms with Crippen molar-refractivity contribution >= 4 is 5.97 Å². The second-order valence-electron chi connectivity index (χ2n) is 3.83. The van der Waals surface area contributed by atoms with E-state index in [0.717, 1.165) is 25.7 Å². The number of hydrogen-bond donors (Lipinski definition) is 2. The minimum Gasteiger partial charge on any atom is -0.478 e. The third-order valence-corrected chi connectivity index (χ3v) is 2.59. The Hall–Kier alpha value is -1.03. The highest BCUT2D eigenvalue weighted by atomic mass is 16.4. The minimum atomic E-state index is -0.902. The van der Waals surface area contributed by atoms with Crippen LogP contribution in [0.3, 0.4) is 0 Å². The van der Waals surface area contributed by atoms with Crippen LogP contribution in [-0.2, 0) is 4.79 Å². The van der Waals surface area contributed by atoms with Gasteiger partial charge in [0.1, 0.15) is 0 Å². The third kappa shape index (κ3) is 4.28. The minimum absolute atomic E-state index is 0.685. The molecule has 14 heavy (non-hydrogen) atoms. The van der Waals surface area contributed by atoms with Crippen molar-refractivity contribution in [3.05, 3.63) is 12.3 Å². The molecule has 4 nitrogen and oxygen atoms in total. The molecule has 1 heterocycles. The second-order valence-corrected chi connectivity index (χ2v) is 3.83. The maximum Gasteiger partial charge on any atom is 0.329 e. The van der Waals surface area contributed by atoms with E-state index in [4.69, 9.17) is 5.11 Å².